The van der Waals surface area contributed by atoms with Gasteiger partial charge in [-0.3, -0.25) is 14.1 Å². The smallest absolute Gasteiger partial charge is 0.241 e. The first-order valence-corrected chi connectivity index (χ1v) is 9.56. The fraction of sp³-hybridized carbons (Fsp3) is 0.294. The topological polar surface area (TPSA) is 97.8 Å². The van der Waals surface area contributed by atoms with Crippen molar-refractivity contribution in [3.8, 4) is 11.5 Å². The molecule has 0 spiro atoms. The Balaban J connectivity index is 2.16. The Kier molecular flexibility index (Phi) is 6.40. The highest BCUT2D eigenvalue weighted by molar-refractivity contribution is 7.92. The lowest BCUT2D eigenvalue weighted by Gasteiger charge is -2.22. The van der Waals surface area contributed by atoms with E-state index >= 15 is 0 Å². The number of benzene rings is 1. The molecule has 0 unspecified atom stereocenters. The number of hydrogen-bond donors (Lipinski definition) is 1. The lowest BCUT2D eigenvalue weighted by atomic mass is 10.2. The molecule has 0 atom stereocenters. The van der Waals surface area contributed by atoms with Crippen LogP contribution in [0.1, 0.15) is 5.69 Å². The Bertz CT molecular complexity index is 856. The fourth-order valence-corrected chi connectivity index (χ4v) is 3.11. The third-order valence-corrected chi connectivity index (χ3v) is 4.68. The molecule has 0 radical (unpaired) electrons. The number of carbonyl (C=O) groups is 1. The molecule has 0 fully saturated rings. The summed E-state index contributed by atoms with van der Waals surface area (Å²) in [5, 5.41) is 2.66. The summed E-state index contributed by atoms with van der Waals surface area (Å²) in [6.45, 7) is -0.148. The first-order chi connectivity index (χ1) is 12.3. The molecule has 1 aromatic carbocycles. The van der Waals surface area contributed by atoms with Gasteiger partial charge < -0.3 is 14.8 Å². The zero-order valence-corrected chi connectivity index (χ0v) is 15.6. The van der Waals surface area contributed by atoms with Crippen molar-refractivity contribution in [2.75, 3.05) is 31.3 Å². The van der Waals surface area contributed by atoms with Crippen LogP contribution in [-0.2, 0) is 21.4 Å². The lowest BCUT2D eigenvalue weighted by molar-refractivity contribution is -0.119. The highest BCUT2D eigenvalue weighted by Crippen LogP contribution is 2.32. The zero-order chi connectivity index (χ0) is 19.2. The van der Waals surface area contributed by atoms with Crippen LogP contribution in [0.15, 0.2) is 42.6 Å². The molecular formula is C17H21N3O5S. The zero-order valence-electron chi connectivity index (χ0n) is 14.8. The molecule has 2 aromatic rings. The Morgan fingerprint density at radius 2 is 1.88 bits per heavy atom. The number of methoxy groups -OCH3 is 2. The predicted octanol–water partition coefficient (Wildman–Crippen LogP) is 1.18. The number of hydrogen-bond acceptors (Lipinski definition) is 6. The SMILES string of the molecule is COc1ccc(N(CC(=O)NCc2ccccn2)S(C)(=O)=O)cc1OC. The highest BCUT2D eigenvalue weighted by Gasteiger charge is 2.22. The minimum absolute atomic E-state index is 0.212. The summed E-state index contributed by atoms with van der Waals surface area (Å²) in [6, 6.07) is 9.98. The summed E-state index contributed by atoms with van der Waals surface area (Å²) < 4.78 is 35.7. The van der Waals surface area contributed by atoms with Crippen molar-refractivity contribution < 1.29 is 22.7 Å². The number of rotatable bonds is 8. The second-order valence-electron chi connectivity index (χ2n) is 5.41. The van der Waals surface area contributed by atoms with Crippen molar-refractivity contribution in [3.05, 3.63) is 48.3 Å². The Morgan fingerprint density at radius 1 is 1.15 bits per heavy atom. The third kappa shape index (κ3) is 5.09. The minimum atomic E-state index is -3.68. The van der Waals surface area contributed by atoms with Crippen LogP contribution in [0.3, 0.4) is 0 Å². The second-order valence-corrected chi connectivity index (χ2v) is 7.31. The normalized spacial score (nSPS) is 10.9. The Labute approximate surface area is 152 Å². The van der Waals surface area contributed by atoms with Crippen molar-refractivity contribution in [2.24, 2.45) is 0 Å². The van der Waals surface area contributed by atoms with E-state index in [2.05, 4.69) is 10.3 Å². The van der Waals surface area contributed by atoms with Gasteiger partial charge in [-0.25, -0.2) is 8.42 Å². The maximum Gasteiger partial charge on any atom is 0.241 e. The van der Waals surface area contributed by atoms with Crippen LogP contribution in [0.25, 0.3) is 0 Å². The molecule has 1 amide bonds. The number of amides is 1. The van der Waals surface area contributed by atoms with Crippen LogP contribution < -0.4 is 19.1 Å². The summed E-state index contributed by atoms with van der Waals surface area (Å²) in [6.07, 6.45) is 2.66. The van der Waals surface area contributed by atoms with Crippen LogP contribution >= 0.6 is 0 Å². The molecule has 0 aliphatic rings. The molecule has 2 rings (SSSR count). The van der Waals surface area contributed by atoms with E-state index < -0.39 is 15.9 Å². The minimum Gasteiger partial charge on any atom is -0.493 e. The summed E-state index contributed by atoms with van der Waals surface area (Å²) in [7, 11) is -0.747. The van der Waals surface area contributed by atoms with E-state index in [9.17, 15) is 13.2 Å². The number of sulfonamides is 1. The number of anilines is 1. The molecule has 1 heterocycles. The maximum atomic E-state index is 12.2. The quantitative estimate of drug-likeness (QED) is 0.740. The van der Waals surface area contributed by atoms with Gasteiger partial charge in [0.2, 0.25) is 15.9 Å². The molecule has 9 heteroatoms. The molecule has 0 saturated heterocycles. The summed E-state index contributed by atoms with van der Waals surface area (Å²) in [5.41, 5.74) is 0.982. The monoisotopic (exact) mass is 379 g/mol. The van der Waals surface area contributed by atoms with Gasteiger partial charge in [0.1, 0.15) is 6.54 Å². The van der Waals surface area contributed by atoms with Gasteiger partial charge in [-0.05, 0) is 24.3 Å². The number of nitrogens with zero attached hydrogens (tertiary/aromatic N) is 2. The van der Waals surface area contributed by atoms with Crippen molar-refractivity contribution in [3.63, 3.8) is 0 Å². The molecule has 140 valence electrons. The van der Waals surface area contributed by atoms with Gasteiger partial charge in [0.05, 0.1) is 38.4 Å². The molecule has 0 aliphatic heterocycles. The number of nitrogens with one attached hydrogen (secondary N) is 1. The fourth-order valence-electron chi connectivity index (χ4n) is 2.26. The van der Waals surface area contributed by atoms with Crippen LogP contribution in [0, 0.1) is 0 Å². The van der Waals surface area contributed by atoms with E-state index in [4.69, 9.17) is 9.47 Å². The molecule has 26 heavy (non-hydrogen) atoms. The van der Waals surface area contributed by atoms with Gasteiger partial charge in [-0.1, -0.05) is 6.07 Å². The average Bonchev–Trinajstić information content (AvgIpc) is 2.63. The second kappa shape index (κ2) is 8.52. The van der Waals surface area contributed by atoms with Crippen LogP contribution in [-0.4, -0.2) is 46.3 Å². The third-order valence-electron chi connectivity index (χ3n) is 3.54. The van der Waals surface area contributed by atoms with Crippen molar-refractivity contribution in [2.45, 2.75) is 6.54 Å². The molecular weight excluding hydrogens is 358 g/mol. The first kappa shape index (κ1) is 19.5. The van der Waals surface area contributed by atoms with Gasteiger partial charge in [-0.15, -0.1) is 0 Å². The van der Waals surface area contributed by atoms with E-state index in [-0.39, 0.29) is 13.1 Å². The van der Waals surface area contributed by atoms with Gasteiger partial charge in [0, 0.05) is 12.3 Å². The molecule has 1 N–H and O–H groups in total. The summed E-state index contributed by atoms with van der Waals surface area (Å²) in [4.78, 5) is 16.3. The van der Waals surface area contributed by atoms with Crippen LogP contribution in [0.5, 0.6) is 11.5 Å². The van der Waals surface area contributed by atoms with Gasteiger partial charge >= 0.3 is 0 Å². The highest BCUT2D eigenvalue weighted by atomic mass is 32.2. The molecule has 0 saturated carbocycles. The number of ether oxygens (including phenoxy) is 2. The molecule has 0 bridgehead atoms. The van der Waals surface area contributed by atoms with Gasteiger partial charge in [-0.2, -0.15) is 0 Å². The lowest BCUT2D eigenvalue weighted by Crippen LogP contribution is -2.40. The predicted molar refractivity (Wildman–Crippen MR) is 97.8 cm³/mol. The van der Waals surface area contributed by atoms with Gasteiger partial charge in [0.15, 0.2) is 11.5 Å². The Hall–Kier alpha value is -2.81. The van der Waals surface area contributed by atoms with Crippen LogP contribution in [0.2, 0.25) is 0 Å². The van der Waals surface area contributed by atoms with Crippen molar-refractivity contribution in [1.82, 2.24) is 10.3 Å². The maximum absolute atomic E-state index is 12.2. The van der Waals surface area contributed by atoms with E-state index in [1.165, 1.54) is 20.3 Å². The van der Waals surface area contributed by atoms with Gasteiger partial charge in [0.25, 0.3) is 0 Å². The molecule has 1 aromatic heterocycles. The van der Waals surface area contributed by atoms with Crippen molar-refractivity contribution >= 4 is 21.6 Å². The molecule has 0 aliphatic carbocycles. The van der Waals surface area contributed by atoms with E-state index in [0.29, 0.717) is 22.9 Å². The average molecular weight is 379 g/mol. The van der Waals surface area contributed by atoms with E-state index in [0.717, 1.165) is 10.6 Å². The van der Waals surface area contributed by atoms with Crippen LogP contribution in [0.4, 0.5) is 5.69 Å². The number of aromatic nitrogens is 1. The Morgan fingerprint density at radius 3 is 2.46 bits per heavy atom. The largest absolute Gasteiger partial charge is 0.493 e. The summed E-state index contributed by atoms with van der Waals surface area (Å²) in [5.74, 6) is 0.382. The van der Waals surface area contributed by atoms with Crippen molar-refractivity contribution in [1.29, 1.82) is 0 Å². The number of carbonyl (C=O) groups excluding carboxylic acids is 1. The summed E-state index contributed by atoms with van der Waals surface area (Å²) >= 11 is 0. The standard InChI is InChI=1S/C17H21N3O5S/c1-24-15-8-7-14(10-16(15)25-2)20(26(3,22)23)12-17(21)19-11-13-6-4-5-9-18-13/h4-10H,11-12H2,1-3H3,(H,19,21). The first-order valence-electron chi connectivity index (χ1n) is 7.71. The molecule has 8 nitrogen and oxygen atoms in total. The number of pyridine rings is 1. The van der Waals surface area contributed by atoms with E-state index in [1.807, 2.05) is 0 Å². The van der Waals surface area contributed by atoms with E-state index in [1.54, 1.807) is 36.5 Å².